The predicted molar refractivity (Wildman–Crippen MR) is 67.5 cm³/mol. The summed E-state index contributed by atoms with van der Waals surface area (Å²) in [7, 11) is 0. The van der Waals surface area contributed by atoms with Gasteiger partial charge in [-0.3, -0.25) is 14.9 Å². The standard InChI is InChI=1S/C9H6BrN5O4/c10-5-3-4(15(17)18)1-2-6(5)12-9(16)7-8(11)14-19-13-7/h1-3H,(H2,11,14)(H,12,16). The molecule has 0 fully saturated rings. The predicted octanol–water partition coefficient (Wildman–Crippen LogP) is 1.57. The lowest BCUT2D eigenvalue weighted by Crippen LogP contribution is -2.14. The Morgan fingerprint density at radius 2 is 2.21 bits per heavy atom. The van der Waals surface area contributed by atoms with Gasteiger partial charge in [0.25, 0.3) is 11.6 Å². The number of amides is 1. The molecule has 0 radical (unpaired) electrons. The number of aromatic nitrogens is 2. The first kappa shape index (κ1) is 13.0. The number of nitrogen functional groups attached to an aromatic ring is 1. The Morgan fingerprint density at radius 1 is 1.47 bits per heavy atom. The first-order valence-electron chi connectivity index (χ1n) is 4.82. The van der Waals surface area contributed by atoms with Crippen LogP contribution in [-0.2, 0) is 0 Å². The van der Waals surface area contributed by atoms with Gasteiger partial charge in [0, 0.05) is 16.6 Å². The average molecular weight is 328 g/mol. The number of anilines is 2. The quantitative estimate of drug-likeness (QED) is 0.644. The highest BCUT2D eigenvalue weighted by molar-refractivity contribution is 9.10. The summed E-state index contributed by atoms with van der Waals surface area (Å²) in [6.45, 7) is 0. The number of carbonyl (C=O) groups excluding carboxylic acids is 1. The molecule has 0 aliphatic heterocycles. The summed E-state index contributed by atoms with van der Waals surface area (Å²) in [5.74, 6) is -0.774. The number of nitrogens with one attached hydrogen (secondary N) is 1. The molecule has 2 aromatic rings. The first-order valence-corrected chi connectivity index (χ1v) is 5.61. The van der Waals surface area contributed by atoms with E-state index in [2.05, 4.69) is 36.2 Å². The molecule has 10 heteroatoms. The Balaban J connectivity index is 2.23. The van der Waals surface area contributed by atoms with E-state index >= 15 is 0 Å². The van der Waals surface area contributed by atoms with Crippen LogP contribution in [0.25, 0.3) is 0 Å². The molecule has 9 nitrogen and oxygen atoms in total. The molecule has 1 amide bonds. The van der Waals surface area contributed by atoms with Crippen molar-refractivity contribution < 1.29 is 14.3 Å². The van der Waals surface area contributed by atoms with Crippen LogP contribution in [0, 0.1) is 10.1 Å². The number of non-ortho nitro benzene ring substituents is 1. The van der Waals surface area contributed by atoms with Crippen molar-refractivity contribution >= 4 is 39.0 Å². The fraction of sp³-hybridized carbons (Fsp3) is 0. The molecule has 0 bridgehead atoms. The Morgan fingerprint density at radius 3 is 2.74 bits per heavy atom. The fourth-order valence-corrected chi connectivity index (χ4v) is 1.72. The number of nitro groups is 1. The van der Waals surface area contributed by atoms with Crippen LogP contribution in [0.4, 0.5) is 17.2 Å². The third-order valence-electron chi connectivity index (χ3n) is 2.14. The number of nitrogens with two attached hydrogens (primary N) is 1. The van der Waals surface area contributed by atoms with Crippen LogP contribution < -0.4 is 11.1 Å². The number of nitro benzene ring substituents is 1. The molecule has 98 valence electrons. The molecule has 1 heterocycles. The fourth-order valence-electron chi connectivity index (χ4n) is 1.25. The molecule has 0 aliphatic rings. The van der Waals surface area contributed by atoms with Gasteiger partial charge in [-0.25, -0.2) is 4.63 Å². The van der Waals surface area contributed by atoms with E-state index in [4.69, 9.17) is 5.73 Å². The molecule has 0 atom stereocenters. The third-order valence-corrected chi connectivity index (χ3v) is 2.80. The molecule has 19 heavy (non-hydrogen) atoms. The number of rotatable bonds is 3. The minimum atomic E-state index is -0.631. The molecule has 0 spiro atoms. The summed E-state index contributed by atoms with van der Waals surface area (Å²) in [4.78, 5) is 21.8. The van der Waals surface area contributed by atoms with E-state index in [0.29, 0.717) is 10.2 Å². The van der Waals surface area contributed by atoms with Gasteiger partial charge in [0.1, 0.15) is 0 Å². The van der Waals surface area contributed by atoms with Gasteiger partial charge in [0.2, 0.25) is 11.5 Å². The number of hydrogen-bond donors (Lipinski definition) is 2. The van der Waals surface area contributed by atoms with Crippen molar-refractivity contribution in [1.29, 1.82) is 0 Å². The lowest BCUT2D eigenvalue weighted by Gasteiger charge is -2.05. The smallest absolute Gasteiger partial charge is 0.281 e. The summed E-state index contributed by atoms with van der Waals surface area (Å²) < 4.78 is 4.65. The zero-order chi connectivity index (χ0) is 14.0. The second-order valence-corrected chi connectivity index (χ2v) is 4.23. The Kier molecular flexibility index (Phi) is 3.42. The molecule has 0 saturated carbocycles. The number of benzene rings is 1. The molecular formula is C9H6BrN5O4. The van der Waals surface area contributed by atoms with Crippen LogP contribution in [0.1, 0.15) is 10.5 Å². The van der Waals surface area contributed by atoms with E-state index in [0.717, 1.165) is 0 Å². The number of hydrogen-bond acceptors (Lipinski definition) is 7. The third kappa shape index (κ3) is 2.68. The van der Waals surface area contributed by atoms with Crippen molar-refractivity contribution in [2.75, 3.05) is 11.1 Å². The van der Waals surface area contributed by atoms with Gasteiger partial charge in [-0.05, 0) is 32.3 Å². The Labute approximate surface area is 114 Å². The molecule has 0 unspecified atom stereocenters. The van der Waals surface area contributed by atoms with E-state index in [1.165, 1.54) is 18.2 Å². The minimum Gasteiger partial charge on any atom is -0.379 e. The van der Waals surface area contributed by atoms with Gasteiger partial charge in [-0.1, -0.05) is 0 Å². The van der Waals surface area contributed by atoms with Crippen molar-refractivity contribution in [2.24, 2.45) is 0 Å². The van der Waals surface area contributed by atoms with Gasteiger partial charge in [0.05, 0.1) is 10.6 Å². The van der Waals surface area contributed by atoms with Crippen LogP contribution in [0.5, 0.6) is 0 Å². The highest BCUT2D eigenvalue weighted by Crippen LogP contribution is 2.27. The van der Waals surface area contributed by atoms with E-state index in [1.54, 1.807) is 0 Å². The SMILES string of the molecule is Nc1nonc1C(=O)Nc1ccc([N+](=O)[O-])cc1Br. The summed E-state index contributed by atoms with van der Waals surface area (Å²) in [6, 6.07) is 3.90. The number of carbonyl (C=O) groups is 1. The largest absolute Gasteiger partial charge is 0.379 e. The molecule has 0 aliphatic carbocycles. The van der Waals surface area contributed by atoms with Gasteiger partial charge >= 0.3 is 0 Å². The van der Waals surface area contributed by atoms with E-state index in [9.17, 15) is 14.9 Å². The number of nitrogens with zero attached hydrogens (tertiary/aromatic N) is 3. The molecule has 2 rings (SSSR count). The highest BCUT2D eigenvalue weighted by atomic mass is 79.9. The van der Waals surface area contributed by atoms with E-state index in [1.807, 2.05) is 0 Å². The molecule has 0 saturated heterocycles. The van der Waals surface area contributed by atoms with Gasteiger partial charge in [0.15, 0.2) is 0 Å². The van der Waals surface area contributed by atoms with Crippen molar-refractivity contribution in [3.8, 4) is 0 Å². The maximum absolute atomic E-state index is 11.8. The maximum Gasteiger partial charge on any atom is 0.281 e. The average Bonchev–Trinajstić information content (AvgIpc) is 2.77. The second-order valence-electron chi connectivity index (χ2n) is 3.37. The van der Waals surface area contributed by atoms with Crippen LogP contribution in [-0.4, -0.2) is 21.1 Å². The lowest BCUT2D eigenvalue weighted by atomic mass is 10.2. The Bertz CT molecular complexity index is 656. The van der Waals surface area contributed by atoms with Crippen molar-refractivity contribution in [3.05, 3.63) is 38.5 Å². The minimum absolute atomic E-state index is 0.104. The van der Waals surface area contributed by atoms with Crippen LogP contribution in [0.15, 0.2) is 27.3 Å². The summed E-state index contributed by atoms with van der Waals surface area (Å²) >= 11 is 3.12. The first-order chi connectivity index (χ1) is 8.99. The van der Waals surface area contributed by atoms with Gasteiger partial charge in [-0.2, -0.15) is 0 Å². The second kappa shape index (κ2) is 5.02. The monoisotopic (exact) mass is 327 g/mol. The molecule has 3 N–H and O–H groups in total. The van der Waals surface area contributed by atoms with Crippen LogP contribution in [0.3, 0.4) is 0 Å². The maximum atomic E-state index is 11.8. The van der Waals surface area contributed by atoms with Crippen LogP contribution >= 0.6 is 15.9 Å². The lowest BCUT2D eigenvalue weighted by molar-refractivity contribution is -0.384. The van der Waals surface area contributed by atoms with Gasteiger partial charge in [-0.15, -0.1) is 0 Å². The number of halogens is 1. The zero-order valence-corrected chi connectivity index (χ0v) is 10.7. The highest BCUT2D eigenvalue weighted by Gasteiger charge is 2.18. The Hall–Kier alpha value is -2.49. The molecular weight excluding hydrogens is 322 g/mol. The zero-order valence-electron chi connectivity index (χ0n) is 9.16. The summed E-state index contributed by atoms with van der Waals surface area (Å²) in [6.07, 6.45) is 0. The van der Waals surface area contributed by atoms with E-state index in [-0.39, 0.29) is 17.2 Å². The van der Waals surface area contributed by atoms with Crippen LogP contribution in [0.2, 0.25) is 0 Å². The van der Waals surface area contributed by atoms with Crippen molar-refractivity contribution in [1.82, 2.24) is 10.3 Å². The van der Waals surface area contributed by atoms with Crippen molar-refractivity contribution in [3.63, 3.8) is 0 Å². The summed E-state index contributed by atoms with van der Waals surface area (Å²) in [5.41, 5.74) is 5.43. The van der Waals surface area contributed by atoms with E-state index < -0.39 is 10.8 Å². The van der Waals surface area contributed by atoms with Gasteiger partial charge < -0.3 is 11.1 Å². The molecule has 1 aromatic carbocycles. The molecule has 1 aromatic heterocycles. The topological polar surface area (TPSA) is 137 Å². The normalized spacial score (nSPS) is 10.2. The van der Waals surface area contributed by atoms with Crippen molar-refractivity contribution in [2.45, 2.75) is 0 Å². The summed E-state index contributed by atoms with van der Waals surface area (Å²) in [5, 5.41) is 19.6.